The molecule has 0 fully saturated rings. The number of rotatable bonds is 2. The molecule has 2 nitrogen and oxygen atoms in total. The van der Waals surface area contributed by atoms with Crippen molar-refractivity contribution >= 4 is 34.2 Å². The summed E-state index contributed by atoms with van der Waals surface area (Å²) in [5.74, 6) is 0.676. The Bertz CT molecular complexity index is 258. The minimum atomic E-state index is 0.125. The Morgan fingerprint density at radius 2 is 2.25 bits per heavy atom. The standard InChI is InChI=1S/C8H9ClINO/c1-5(2)12-7-6(10)3-4-11-8(7)9/h3-5H,1-2H3. The molecule has 1 aromatic rings. The summed E-state index contributed by atoms with van der Waals surface area (Å²) in [4.78, 5) is 3.93. The molecule has 0 aromatic carbocycles. The maximum Gasteiger partial charge on any atom is 0.172 e. The third-order valence-corrected chi connectivity index (χ3v) is 2.29. The van der Waals surface area contributed by atoms with E-state index in [2.05, 4.69) is 27.6 Å². The first-order valence-corrected chi connectivity index (χ1v) is 5.03. The zero-order valence-corrected chi connectivity index (χ0v) is 9.76. The number of nitrogens with zero attached hydrogens (tertiary/aromatic N) is 1. The molecule has 66 valence electrons. The molecule has 0 aliphatic carbocycles. The monoisotopic (exact) mass is 297 g/mol. The van der Waals surface area contributed by atoms with E-state index < -0.39 is 0 Å². The maximum atomic E-state index is 5.83. The van der Waals surface area contributed by atoms with Crippen LogP contribution in [0.5, 0.6) is 5.75 Å². The predicted octanol–water partition coefficient (Wildman–Crippen LogP) is 3.13. The van der Waals surface area contributed by atoms with Gasteiger partial charge >= 0.3 is 0 Å². The van der Waals surface area contributed by atoms with Crippen molar-refractivity contribution in [1.29, 1.82) is 0 Å². The summed E-state index contributed by atoms with van der Waals surface area (Å²) in [6, 6.07) is 1.87. The van der Waals surface area contributed by atoms with Crippen LogP contribution in [0.3, 0.4) is 0 Å². The summed E-state index contributed by atoms with van der Waals surface area (Å²) in [6.45, 7) is 3.92. The molecule has 1 aromatic heterocycles. The largest absolute Gasteiger partial charge is 0.487 e. The molecule has 0 unspecified atom stereocenters. The summed E-state index contributed by atoms with van der Waals surface area (Å²) in [6.07, 6.45) is 1.79. The molecule has 0 saturated carbocycles. The lowest BCUT2D eigenvalue weighted by Crippen LogP contribution is -2.07. The molecule has 0 saturated heterocycles. The molecule has 1 heterocycles. The van der Waals surface area contributed by atoms with Gasteiger partial charge in [-0.3, -0.25) is 0 Å². The molecular formula is C8H9ClINO. The van der Waals surface area contributed by atoms with Crippen molar-refractivity contribution in [1.82, 2.24) is 4.98 Å². The summed E-state index contributed by atoms with van der Waals surface area (Å²) in [5.41, 5.74) is 0. The predicted molar refractivity (Wildman–Crippen MR) is 57.7 cm³/mol. The summed E-state index contributed by atoms with van der Waals surface area (Å²) < 4.78 is 6.46. The van der Waals surface area contributed by atoms with Crippen molar-refractivity contribution in [3.05, 3.63) is 21.0 Å². The van der Waals surface area contributed by atoms with Crippen LogP contribution >= 0.6 is 34.2 Å². The third-order valence-electron chi connectivity index (χ3n) is 1.17. The number of pyridine rings is 1. The number of hydrogen-bond donors (Lipinski definition) is 0. The molecule has 0 atom stereocenters. The van der Waals surface area contributed by atoms with Crippen LogP contribution < -0.4 is 4.74 Å². The van der Waals surface area contributed by atoms with Crippen LogP contribution in [0.2, 0.25) is 5.15 Å². The fourth-order valence-corrected chi connectivity index (χ4v) is 1.65. The molecule has 0 amide bonds. The normalized spacial score (nSPS) is 10.4. The molecule has 0 aliphatic rings. The second kappa shape index (κ2) is 4.28. The van der Waals surface area contributed by atoms with E-state index in [1.807, 2.05) is 19.9 Å². The topological polar surface area (TPSA) is 22.1 Å². The smallest absolute Gasteiger partial charge is 0.172 e. The second-order valence-electron chi connectivity index (χ2n) is 2.58. The van der Waals surface area contributed by atoms with Crippen LogP contribution in [0.4, 0.5) is 0 Å². The Hall–Kier alpha value is -0.0300. The molecule has 0 bridgehead atoms. The van der Waals surface area contributed by atoms with Gasteiger partial charge in [-0.05, 0) is 42.5 Å². The minimum Gasteiger partial charge on any atom is -0.487 e. The molecular weight excluding hydrogens is 288 g/mol. The van der Waals surface area contributed by atoms with Gasteiger partial charge in [-0.25, -0.2) is 4.98 Å². The van der Waals surface area contributed by atoms with E-state index in [0.717, 1.165) is 3.57 Å². The van der Waals surface area contributed by atoms with Gasteiger partial charge in [-0.1, -0.05) is 11.6 Å². The average molecular weight is 298 g/mol. The summed E-state index contributed by atoms with van der Waals surface area (Å²) in [7, 11) is 0. The lowest BCUT2D eigenvalue weighted by Gasteiger charge is -2.11. The first-order valence-electron chi connectivity index (χ1n) is 3.58. The van der Waals surface area contributed by atoms with Gasteiger partial charge in [0.05, 0.1) is 9.67 Å². The molecule has 4 heteroatoms. The van der Waals surface area contributed by atoms with E-state index in [1.165, 1.54) is 0 Å². The number of aromatic nitrogens is 1. The van der Waals surface area contributed by atoms with E-state index >= 15 is 0 Å². The van der Waals surface area contributed by atoms with Gasteiger partial charge in [0.2, 0.25) is 0 Å². The van der Waals surface area contributed by atoms with Crippen LogP contribution in [-0.2, 0) is 0 Å². The van der Waals surface area contributed by atoms with Crippen LogP contribution in [0.15, 0.2) is 12.3 Å². The van der Waals surface area contributed by atoms with Crippen LogP contribution in [-0.4, -0.2) is 11.1 Å². The molecule has 1 rings (SSSR count). The number of halogens is 2. The van der Waals surface area contributed by atoms with Gasteiger partial charge in [0.1, 0.15) is 0 Å². The number of hydrogen-bond acceptors (Lipinski definition) is 2. The number of ether oxygens (including phenoxy) is 1. The Kier molecular flexibility index (Phi) is 3.58. The molecule has 0 radical (unpaired) electrons. The Balaban J connectivity index is 2.96. The molecule has 0 N–H and O–H groups in total. The molecule has 12 heavy (non-hydrogen) atoms. The Morgan fingerprint density at radius 3 is 2.75 bits per heavy atom. The second-order valence-corrected chi connectivity index (χ2v) is 4.10. The fraction of sp³-hybridized carbons (Fsp3) is 0.375. The maximum absolute atomic E-state index is 5.83. The van der Waals surface area contributed by atoms with Gasteiger partial charge in [0.25, 0.3) is 0 Å². The average Bonchev–Trinajstić information content (AvgIpc) is 1.97. The van der Waals surface area contributed by atoms with Gasteiger partial charge in [0, 0.05) is 6.20 Å². The summed E-state index contributed by atoms with van der Waals surface area (Å²) >= 11 is 8.00. The molecule has 0 aliphatic heterocycles. The minimum absolute atomic E-state index is 0.125. The zero-order valence-electron chi connectivity index (χ0n) is 6.84. The highest BCUT2D eigenvalue weighted by atomic mass is 127. The summed E-state index contributed by atoms with van der Waals surface area (Å²) in [5, 5.41) is 0.426. The van der Waals surface area contributed by atoms with E-state index in [4.69, 9.17) is 16.3 Å². The highest BCUT2D eigenvalue weighted by Gasteiger charge is 2.08. The highest BCUT2D eigenvalue weighted by Crippen LogP contribution is 2.28. The lowest BCUT2D eigenvalue weighted by molar-refractivity contribution is 0.240. The van der Waals surface area contributed by atoms with E-state index in [1.54, 1.807) is 6.20 Å². The van der Waals surface area contributed by atoms with Crippen LogP contribution in [0.1, 0.15) is 13.8 Å². The zero-order chi connectivity index (χ0) is 9.14. The van der Waals surface area contributed by atoms with Crippen molar-refractivity contribution in [2.45, 2.75) is 20.0 Å². The lowest BCUT2D eigenvalue weighted by atomic mass is 10.4. The quantitative estimate of drug-likeness (QED) is 0.618. The van der Waals surface area contributed by atoms with E-state index in [-0.39, 0.29) is 6.10 Å². The van der Waals surface area contributed by atoms with Gasteiger partial charge in [-0.15, -0.1) is 0 Å². The van der Waals surface area contributed by atoms with Crippen molar-refractivity contribution < 1.29 is 4.74 Å². The van der Waals surface area contributed by atoms with Gasteiger partial charge < -0.3 is 4.74 Å². The SMILES string of the molecule is CC(C)Oc1c(I)ccnc1Cl. The van der Waals surface area contributed by atoms with Crippen molar-refractivity contribution in [3.63, 3.8) is 0 Å². The van der Waals surface area contributed by atoms with E-state index in [9.17, 15) is 0 Å². The van der Waals surface area contributed by atoms with Crippen molar-refractivity contribution in [3.8, 4) is 5.75 Å². The first-order chi connectivity index (χ1) is 5.61. The fourth-order valence-electron chi connectivity index (χ4n) is 0.742. The Morgan fingerprint density at radius 1 is 1.58 bits per heavy atom. The highest BCUT2D eigenvalue weighted by molar-refractivity contribution is 14.1. The van der Waals surface area contributed by atoms with Gasteiger partial charge in [-0.2, -0.15) is 0 Å². The van der Waals surface area contributed by atoms with Crippen LogP contribution in [0, 0.1) is 3.57 Å². The van der Waals surface area contributed by atoms with Gasteiger partial charge in [0.15, 0.2) is 10.9 Å². The van der Waals surface area contributed by atoms with Crippen molar-refractivity contribution in [2.24, 2.45) is 0 Å². The molecule has 0 spiro atoms. The first kappa shape index (κ1) is 10.1. The van der Waals surface area contributed by atoms with Crippen molar-refractivity contribution in [2.75, 3.05) is 0 Å². The van der Waals surface area contributed by atoms with Crippen LogP contribution in [0.25, 0.3) is 0 Å². The Labute approximate surface area is 90.4 Å². The third kappa shape index (κ3) is 2.48. The van der Waals surface area contributed by atoms with E-state index in [0.29, 0.717) is 10.9 Å².